The molecule has 0 spiro atoms. The zero-order chi connectivity index (χ0) is 12.5. The lowest BCUT2D eigenvalue weighted by Crippen LogP contribution is -2.14. The number of sulfonamides is 1. The fraction of sp³-hybridized carbons (Fsp3) is 0. The number of carboxylic acids is 1. The number of hydrogen-bond donors (Lipinski definition) is 2. The Labute approximate surface area is 105 Å². The molecule has 8 heteroatoms. The monoisotopic (exact) mass is 289 g/mol. The Hall–Kier alpha value is -1.38. The highest BCUT2D eigenvalue weighted by molar-refractivity contribution is 7.93. The Morgan fingerprint density at radius 3 is 2.65 bits per heavy atom. The van der Waals surface area contributed by atoms with Crippen LogP contribution in [-0.2, 0) is 10.0 Å². The van der Waals surface area contributed by atoms with Gasteiger partial charge in [-0.1, -0.05) is 0 Å². The van der Waals surface area contributed by atoms with Gasteiger partial charge in [0.05, 0.1) is 5.69 Å². The van der Waals surface area contributed by atoms with Crippen molar-refractivity contribution in [3.05, 3.63) is 33.2 Å². The number of carbonyl (C=O) groups is 1. The molecule has 5 nitrogen and oxygen atoms in total. The minimum absolute atomic E-state index is 0.187. The van der Waals surface area contributed by atoms with E-state index in [-0.39, 0.29) is 9.77 Å². The lowest BCUT2D eigenvalue weighted by Gasteiger charge is -2.05. The molecule has 0 aliphatic heterocycles. The third-order valence-electron chi connectivity index (χ3n) is 1.89. The number of nitrogens with one attached hydrogen (secondary N) is 1. The molecular weight excluding hydrogens is 282 g/mol. The van der Waals surface area contributed by atoms with E-state index in [1.54, 1.807) is 16.8 Å². The van der Waals surface area contributed by atoms with E-state index in [9.17, 15) is 13.2 Å². The van der Waals surface area contributed by atoms with Crippen LogP contribution >= 0.6 is 22.7 Å². The van der Waals surface area contributed by atoms with Crippen molar-refractivity contribution >= 4 is 44.4 Å². The van der Waals surface area contributed by atoms with Crippen molar-refractivity contribution < 1.29 is 18.3 Å². The van der Waals surface area contributed by atoms with E-state index < -0.39 is 16.0 Å². The first-order valence-electron chi connectivity index (χ1n) is 4.36. The number of anilines is 1. The molecule has 17 heavy (non-hydrogen) atoms. The molecule has 2 aromatic rings. The molecule has 0 saturated carbocycles. The molecule has 0 atom stereocenters. The molecule has 0 unspecified atom stereocenters. The first kappa shape index (κ1) is 12.1. The van der Waals surface area contributed by atoms with Crippen LogP contribution in [-0.4, -0.2) is 19.5 Å². The van der Waals surface area contributed by atoms with Gasteiger partial charge in [-0.15, -0.1) is 11.3 Å². The van der Waals surface area contributed by atoms with Crippen molar-refractivity contribution in [2.45, 2.75) is 4.90 Å². The number of hydrogen-bond acceptors (Lipinski definition) is 5. The van der Waals surface area contributed by atoms with Crippen molar-refractivity contribution in [3.63, 3.8) is 0 Å². The summed E-state index contributed by atoms with van der Waals surface area (Å²) in [6, 6.07) is 2.89. The van der Waals surface area contributed by atoms with E-state index in [1.807, 2.05) is 0 Å². The third-order valence-corrected chi connectivity index (χ3v) is 5.02. The van der Waals surface area contributed by atoms with Crippen LogP contribution in [0.5, 0.6) is 0 Å². The van der Waals surface area contributed by atoms with Crippen LogP contribution in [0.3, 0.4) is 0 Å². The van der Waals surface area contributed by atoms with Crippen LogP contribution in [0.25, 0.3) is 0 Å². The minimum Gasteiger partial charge on any atom is -0.477 e. The smallest absolute Gasteiger partial charge is 0.347 e. The van der Waals surface area contributed by atoms with E-state index >= 15 is 0 Å². The van der Waals surface area contributed by atoms with Crippen LogP contribution < -0.4 is 4.72 Å². The lowest BCUT2D eigenvalue weighted by atomic mass is 10.5. The molecule has 0 bridgehead atoms. The number of carboxylic acid groups (broad SMARTS) is 1. The van der Waals surface area contributed by atoms with Gasteiger partial charge >= 0.3 is 5.97 Å². The Kier molecular flexibility index (Phi) is 3.18. The van der Waals surface area contributed by atoms with Gasteiger partial charge in [0.25, 0.3) is 10.0 Å². The second kappa shape index (κ2) is 4.47. The molecule has 2 aromatic heterocycles. The summed E-state index contributed by atoms with van der Waals surface area (Å²) in [4.78, 5) is 10.5. The molecule has 0 fully saturated rings. The predicted octanol–water partition coefficient (Wildman–Crippen LogP) is 2.31. The van der Waals surface area contributed by atoms with Crippen molar-refractivity contribution in [1.29, 1.82) is 0 Å². The van der Waals surface area contributed by atoms with E-state index in [1.165, 1.54) is 22.8 Å². The van der Waals surface area contributed by atoms with Crippen molar-refractivity contribution in [2.75, 3.05) is 4.72 Å². The summed E-state index contributed by atoms with van der Waals surface area (Å²) in [5.41, 5.74) is 0.428. The van der Waals surface area contributed by atoms with Gasteiger partial charge in [0.2, 0.25) is 0 Å². The van der Waals surface area contributed by atoms with Gasteiger partial charge in [0.1, 0.15) is 9.77 Å². The molecule has 0 amide bonds. The van der Waals surface area contributed by atoms with Crippen LogP contribution in [0.2, 0.25) is 0 Å². The maximum Gasteiger partial charge on any atom is 0.347 e. The van der Waals surface area contributed by atoms with Crippen LogP contribution in [0, 0.1) is 0 Å². The van der Waals surface area contributed by atoms with Gasteiger partial charge in [0.15, 0.2) is 0 Å². The van der Waals surface area contributed by atoms with Gasteiger partial charge in [-0.3, -0.25) is 4.72 Å². The molecule has 2 N–H and O–H groups in total. The fourth-order valence-electron chi connectivity index (χ4n) is 1.20. The zero-order valence-electron chi connectivity index (χ0n) is 8.28. The largest absolute Gasteiger partial charge is 0.477 e. The molecule has 0 radical (unpaired) electrons. The van der Waals surface area contributed by atoms with Crippen LogP contribution in [0.15, 0.2) is 33.2 Å². The van der Waals surface area contributed by atoms with Crippen LogP contribution in [0.4, 0.5) is 5.69 Å². The molecule has 90 valence electrons. The third kappa shape index (κ3) is 2.48. The van der Waals surface area contributed by atoms with Gasteiger partial charge in [-0.2, -0.15) is 11.3 Å². The molecule has 0 aliphatic carbocycles. The van der Waals surface area contributed by atoms with Crippen LogP contribution in [0.1, 0.15) is 9.67 Å². The number of aromatic carboxylic acids is 1. The summed E-state index contributed by atoms with van der Waals surface area (Å²) in [6.07, 6.45) is 0. The molecule has 0 saturated heterocycles. The highest BCUT2D eigenvalue weighted by Gasteiger charge is 2.23. The first-order valence-corrected chi connectivity index (χ1v) is 7.67. The maximum atomic E-state index is 11.9. The Balaban J connectivity index is 2.38. The van der Waals surface area contributed by atoms with Gasteiger partial charge in [0, 0.05) is 5.38 Å². The fourth-order valence-corrected chi connectivity index (χ4v) is 4.17. The second-order valence-corrected chi connectivity index (χ2v) is 6.38. The Bertz CT molecular complexity index is 627. The minimum atomic E-state index is -3.83. The molecule has 0 aliphatic rings. The summed E-state index contributed by atoms with van der Waals surface area (Å²) >= 11 is 2.23. The number of thiophene rings is 2. The van der Waals surface area contributed by atoms with Gasteiger partial charge < -0.3 is 5.11 Å². The molecule has 0 aromatic carbocycles. The number of rotatable bonds is 4. The van der Waals surface area contributed by atoms with Crippen molar-refractivity contribution in [1.82, 2.24) is 0 Å². The normalized spacial score (nSPS) is 11.3. The summed E-state index contributed by atoms with van der Waals surface area (Å²) < 4.78 is 26.2. The summed E-state index contributed by atoms with van der Waals surface area (Å²) in [5.74, 6) is -1.24. The SMILES string of the molecule is O=C(O)c1sccc1S(=O)(=O)Nc1ccsc1. The average Bonchev–Trinajstić information content (AvgIpc) is 2.84. The standard InChI is InChI=1S/C9H7NO4S3/c11-9(12)8-7(2-4-16-8)17(13,14)10-6-1-3-15-5-6/h1-5,10H,(H,11,12). The first-order chi connectivity index (χ1) is 8.00. The van der Waals surface area contributed by atoms with Crippen molar-refractivity contribution in [3.8, 4) is 0 Å². The zero-order valence-corrected chi connectivity index (χ0v) is 10.7. The summed E-state index contributed by atoms with van der Waals surface area (Å²) in [7, 11) is -3.83. The van der Waals surface area contributed by atoms with E-state index in [2.05, 4.69) is 4.72 Å². The average molecular weight is 289 g/mol. The van der Waals surface area contributed by atoms with E-state index in [0.29, 0.717) is 5.69 Å². The highest BCUT2D eigenvalue weighted by Crippen LogP contribution is 2.25. The molecule has 2 rings (SSSR count). The summed E-state index contributed by atoms with van der Waals surface area (Å²) in [6.45, 7) is 0. The predicted molar refractivity (Wildman–Crippen MR) is 66.4 cm³/mol. The Morgan fingerprint density at radius 1 is 1.29 bits per heavy atom. The maximum absolute atomic E-state index is 11.9. The topological polar surface area (TPSA) is 83.5 Å². The molecular formula is C9H7NO4S3. The van der Waals surface area contributed by atoms with Gasteiger partial charge in [-0.05, 0) is 22.9 Å². The van der Waals surface area contributed by atoms with Crippen molar-refractivity contribution in [2.24, 2.45) is 0 Å². The van der Waals surface area contributed by atoms with E-state index in [0.717, 1.165) is 11.3 Å². The quantitative estimate of drug-likeness (QED) is 0.904. The second-order valence-electron chi connectivity index (χ2n) is 3.04. The van der Waals surface area contributed by atoms with Gasteiger partial charge in [-0.25, -0.2) is 13.2 Å². The molecule has 2 heterocycles. The van der Waals surface area contributed by atoms with E-state index in [4.69, 9.17) is 5.11 Å². The lowest BCUT2D eigenvalue weighted by molar-refractivity contribution is 0.0698. The summed E-state index contributed by atoms with van der Waals surface area (Å²) in [5, 5.41) is 13.7. The highest BCUT2D eigenvalue weighted by atomic mass is 32.2. The Morgan fingerprint density at radius 2 is 2.06 bits per heavy atom.